The summed E-state index contributed by atoms with van der Waals surface area (Å²) in [5.74, 6) is -3.88. The monoisotopic (exact) mass is 386 g/mol. The summed E-state index contributed by atoms with van der Waals surface area (Å²) in [6.45, 7) is 10.1. The molecule has 0 aliphatic rings. The fraction of sp³-hybridized carbons (Fsp3) is 0.739. The van der Waals surface area contributed by atoms with E-state index < -0.39 is 23.1 Å². The van der Waals surface area contributed by atoms with Crippen molar-refractivity contribution in [2.24, 2.45) is 17.8 Å². The SMILES string of the molecule is CCCCCCCCC(Cc1cc(F)c(F)c(F)c1)C(O)(C(C)C)C(C)C. The second-order valence-electron chi connectivity index (χ2n) is 8.53. The molecule has 0 aliphatic carbocycles. The fourth-order valence-electron chi connectivity index (χ4n) is 4.29. The average molecular weight is 387 g/mol. The molecule has 0 radical (unpaired) electrons. The zero-order valence-electron chi connectivity index (χ0n) is 17.6. The lowest BCUT2D eigenvalue weighted by Crippen LogP contribution is -2.48. The van der Waals surface area contributed by atoms with Gasteiger partial charge in [0.25, 0.3) is 0 Å². The largest absolute Gasteiger partial charge is 0.389 e. The van der Waals surface area contributed by atoms with Crippen LogP contribution in [0.3, 0.4) is 0 Å². The van der Waals surface area contributed by atoms with Crippen LogP contribution < -0.4 is 0 Å². The van der Waals surface area contributed by atoms with Crippen molar-refractivity contribution in [3.05, 3.63) is 35.1 Å². The van der Waals surface area contributed by atoms with Gasteiger partial charge in [-0.3, -0.25) is 0 Å². The van der Waals surface area contributed by atoms with Crippen molar-refractivity contribution in [1.82, 2.24) is 0 Å². The van der Waals surface area contributed by atoms with Crippen molar-refractivity contribution in [2.75, 3.05) is 0 Å². The highest BCUT2D eigenvalue weighted by molar-refractivity contribution is 5.20. The van der Waals surface area contributed by atoms with Crippen LogP contribution in [0, 0.1) is 35.2 Å². The van der Waals surface area contributed by atoms with E-state index in [1.165, 1.54) is 25.7 Å². The van der Waals surface area contributed by atoms with Gasteiger partial charge in [0, 0.05) is 0 Å². The molecule has 0 heterocycles. The molecule has 0 aromatic heterocycles. The van der Waals surface area contributed by atoms with E-state index in [4.69, 9.17) is 0 Å². The van der Waals surface area contributed by atoms with Crippen LogP contribution in [0.5, 0.6) is 0 Å². The number of hydrogen-bond donors (Lipinski definition) is 1. The predicted molar refractivity (Wildman–Crippen MR) is 106 cm³/mol. The van der Waals surface area contributed by atoms with E-state index in [2.05, 4.69) is 6.92 Å². The molecule has 0 saturated heterocycles. The van der Waals surface area contributed by atoms with Gasteiger partial charge in [0.2, 0.25) is 0 Å². The Labute approximate surface area is 163 Å². The van der Waals surface area contributed by atoms with Gasteiger partial charge in [-0.15, -0.1) is 0 Å². The molecule has 1 nitrogen and oxygen atoms in total. The topological polar surface area (TPSA) is 20.2 Å². The zero-order chi connectivity index (χ0) is 20.6. The predicted octanol–water partition coefficient (Wildman–Crippen LogP) is 7.06. The molecule has 0 fully saturated rings. The number of benzene rings is 1. The summed E-state index contributed by atoms with van der Waals surface area (Å²) in [7, 11) is 0. The maximum Gasteiger partial charge on any atom is 0.194 e. The Balaban J connectivity index is 2.96. The molecule has 1 N–H and O–H groups in total. The van der Waals surface area contributed by atoms with Crippen molar-refractivity contribution in [3.63, 3.8) is 0 Å². The minimum Gasteiger partial charge on any atom is -0.389 e. The molecule has 0 bridgehead atoms. The average Bonchev–Trinajstić information content (AvgIpc) is 2.60. The lowest BCUT2D eigenvalue weighted by atomic mass is 9.67. The van der Waals surface area contributed by atoms with E-state index in [9.17, 15) is 18.3 Å². The van der Waals surface area contributed by atoms with Crippen molar-refractivity contribution in [1.29, 1.82) is 0 Å². The summed E-state index contributed by atoms with van der Waals surface area (Å²) in [6.07, 6.45) is 8.02. The molecule has 0 spiro atoms. The van der Waals surface area contributed by atoms with Gasteiger partial charge in [0.1, 0.15) is 0 Å². The van der Waals surface area contributed by atoms with Crippen LogP contribution >= 0.6 is 0 Å². The molecule has 0 saturated carbocycles. The Morgan fingerprint density at radius 3 is 1.81 bits per heavy atom. The number of hydrogen-bond acceptors (Lipinski definition) is 1. The van der Waals surface area contributed by atoms with Crippen LogP contribution in [0.2, 0.25) is 0 Å². The van der Waals surface area contributed by atoms with Crippen LogP contribution in [0.15, 0.2) is 12.1 Å². The molecule has 0 aliphatic heterocycles. The molecule has 1 rings (SSSR count). The first-order valence-corrected chi connectivity index (χ1v) is 10.5. The van der Waals surface area contributed by atoms with Gasteiger partial charge < -0.3 is 5.11 Å². The van der Waals surface area contributed by atoms with Crippen molar-refractivity contribution < 1.29 is 18.3 Å². The van der Waals surface area contributed by atoms with Crippen molar-refractivity contribution in [2.45, 2.75) is 91.6 Å². The second kappa shape index (κ2) is 11.1. The lowest BCUT2D eigenvalue weighted by molar-refractivity contribution is -0.0989. The number of aliphatic hydroxyl groups is 1. The maximum absolute atomic E-state index is 13.7. The minimum absolute atomic E-state index is 0.0118. The van der Waals surface area contributed by atoms with Crippen LogP contribution in [0.1, 0.15) is 85.1 Å². The first-order valence-electron chi connectivity index (χ1n) is 10.5. The Morgan fingerprint density at radius 1 is 0.852 bits per heavy atom. The molecule has 0 amide bonds. The molecular weight excluding hydrogens is 349 g/mol. The molecule has 1 atom stereocenters. The summed E-state index contributed by atoms with van der Waals surface area (Å²) in [5, 5.41) is 11.5. The standard InChI is InChI=1S/C23H37F3O/c1-6-7-8-9-10-11-12-19(23(27,16(2)3)17(4)5)13-18-14-20(24)22(26)21(25)15-18/h14-17,19,27H,6-13H2,1-5H3. The molecule has 1 aromatic rings. The first-order chi connectivity index (χ1) is 12.6. The smallest absolute Gasteiger partial charge is 0.194 e. The number of halogens is 3. The number of rotatable bonds is 12. The third kappa shape index (κ3) is 6.51. The molecule has 4 heteroatoms. The van der Waals surface area contributed by atoms with Crippen molar-refractivity contribution in [3.8, 4) is 0 Å². The Bertz CT molecular complexity index is 538. The van der Waals surface area contributed by atoms with E-state index in [1.807, 2.05) is 27.7 Å². The van der Waals surface area contributed by atoms with Gasteiger partial charge in [0.05, 0.1) is 5.60 Å². The van der Waals surface area contributed by atoms with Crippen LogP contribution in [-0.4, -0.2) is 10.7 Å². The minimum atomic E-state index is -1.44. The highest BCUT2D eigenvalue weighted by Crippen LogP contribution is 2.39. The van der Waals surface area contributed by atoms with Crippen LogP contribution in [0.25, 0.3) is 0 Å². The number of unbranched alkanes of at least 4 members (excludes halogenated alkanes) is 5. The fourth-order valence-corrected chi connectivity index (χ4v) is 4.29. The highest BCUT2D eigenvalue weighted by atomic mass is 19.2. The summed E-state index contributed by atoms with van der Waals surface area (Å²) in [6, 6.07) is 2.13. The normalized spacial score (nSPS) is 13.6. The Hall–Kier alpha value is -1.03. The third-order valence-electron chi connectivity index (χ3n) is 5.94. The summed E-state index contributed by atoms with van der Waals surface area (Å²) >= 11 is 0. The van der Waals surface area contributed by atoms with Crippen LogP contribution in [0.4, 0.5) is 13.2 Å². The van der Waals surface area contributed by atoms with Gasteiger partial charge in [0.15, 0.2) is 17.5 Å². The summed E-state index contributed by atoms with van der Waals surface area (Å²) < 4.78 is 40.6. The molecule has 1 aromatic carbocycles. The van der Waals surface area contributed by atoms with Crippen molar-refractivity contribution >= 4 is 0 Å². The highest BCUT2D eigenvalue weighted by Gasteiger charge is 2.42. The Morgan fingerprint density at radius 2 is 1.33 bits per heavy atom. The van der Waals surface area contributed by atoms with Gasteiger partial charge >= 0.3 is 0 Å². The van der Waals surface area contributed by atoms with E-state index in [0.29, 0.717) is 12.0 Å². The zero-order valence-corrected chi connectivity index (χ0v) is 17.6. The van der Waals surface area contributed by atoms with Gasteiger partial charge in [-0.2, -0.15) is 0 Å². The quantitative estimate of drug-likeness (QED) is 0.301. The summed E-state index contributed by atoms with van der Waals surface area (Å²) in [5.41, 5.74) is -0.535. The van der Waals surface area contributed by atoms with E-state index in [1.54, 1.807) is 0 Å². The van der Waals surface area contributed by atoms with Gasteiger partial charge in [-0.1, -0.05) is 73.1 Å². The van der Waals surface area contributed by atoms with E-state index >= 15 is 0 Å². The van der Waals surface area contributed by atoms with E-state index in [-0.39, 0.29) is 17.8 Å². The maximum atomic E-state index is 13.7. The van der Waals surface area contributed by atoms with E-state index in [0.717, 1.165) is 31.4 Å². The van der Waals surface area contributed by atoms with Crippen LogP contribution in [-0.2, 0) is 6.42 Å². The third-order valence-corrected chi connectivity index (χ3v) is 5.94. The first kappa shape index (κ1) is 24.0. The van der Waals surface area contributed by atoms with Gasteiger partial charge in [-0.25, -0.2) is 13.2 Å². The Kier molecular flexibility index (Phi) is 9.86. The molecular formula is C23H37F3O. The van der Waals surface area contributed by atoms with Gasteiger partial charge in [-0.05, 0) is 48.3 Å². The second-order valence-corrected chi connectivity index (χ2v) is 8.53. The lowest BCUT2D eigenvalue weighted by Gasteiger charge is -2.43. The summed E-state index contributed by atoms with van der Waals surface area (Å²) in [4.78, 5) is 0. The molecule has 1 unspecified atom stereocenters. The molecule has 27 heavy (non-hydrogen) atoms. The molecule has 156 valence electrons.